The fourth-order valence-corrected chi connectivity index (χ4v) is 3.76. The van der Waals surface area contributed by atoms with Gasteiger partial charge in [0.25, 0.3) is 11.8 Å². The molecule has 2 aliphatic heterocycles. The summed E-state index contributed by atoms with van der Waals surface area (Å²) in [6.07, 6.45) is -15.3. The molecule has 0 aromatic carbocycles. The Kier molecular flexibility index (Phi) is 24.1. The third-order valence-electron chi connectivity index (χ3n) is 6.29. The molecule has 0 unspecified atom stereocenters. The van der Waals surface area contributed by atoms with Crippen LogP contribution in [0.25, 0.3) is 0 Å². The number of carboxylic acids is 6. The normalized spacial score (nSPS) is 17.6. The molecule has 0 radical (unpaired) electrons. The summed E-state index contributed by atoms with van der Waals surface area (Å²) in [5.41, 5.74) is 0. The van der Waals surface area contributed by atoms with E-state index in [-0.39, 0.29) is 92.8 Å². The van der Waals surface area contributed by atoms with Gasteiger partial charge in [-0.15, -0.1) is 5.06 Å². The molecule has 0 aromatic rings. The van der Waals surface area contributed by atoms with E-state index >= 15 is 0 Å². The molecule has 0 spiro atoms. The first-order valence-electron chi connectivity index (χ1n) is 15.9. The van der Waals surface area contributed by atoms with Crippen molar-refractivity contribution in [2.75, 3.05) is 78.5 Å². The number of halogens is 15. The molecular formula is C26H35F15N5O16P. The number of imide groups is 1. The number of hydrogen-bond acceptors (Lipinski definition) is 14. The maximum atomic E-state index is 12.4. The maximum absolute atomic E-state index is 12.4. The van der Waals surface area contributed by atoms with Crippen LogP contribution in [0.4, 0.5) is 64.7 Å². The molecule has 21 nitrogen and oxygen atoms in total. The van der Waals surface area contributed by atoms with Crippen LogP contribution in [0.2, 0.25) is 0 Å². The van der Waals surface area contributed by atoms with Crippen molar-refractivity contribution in [3.05, 3.63) is 0 Å². The average molecular weight is 990 g/mol. The Morgan fingerprint density at radius 3 is 0.794 bits per heavy atom. The van der Waals surface area contributed by atoms with Crippen LogP contribution in [0.1, 0.15) is 14.3 Å². The molecule has 37 heteroatoms. The van der Waals surface area contributed by atoms with Gasteiger partial charge in [-0.25, -0.2) is 19.2 Å². The summed E-state index contributed by atoms with van der Waals surface area (Å²) in [6, 6.07) is 0. The van der Waals surface area contributed by atoms with Gasteiger partial charge >= 0.3 is 94.7 Å². The van der Waals surface area contributed by atoms with Crippen LogP contribution in [0.15, 0.2) is 0 Å². The average Bonchev–Trinajstić information content (AvgIpc) is 3.35. The van der Waals surface area contributed by atoms with Gasteiger partial charge in [0.05, 0.1) is 26.2 Å². The van der Waals surface area contributed by atoms with Crippen molar-refractivity contribution in [1.29, 1.82) is 0 Å². The Morgan fingerprint density at radius 1 is 0.460 bits per heavy atom. The number of alkyl halides is 9. The van der Waals surface area contributed by atoms with E-state index in [2.05, 4.69) is 0 Å². The Morgan fingerprint density at radius 2 is 0.635 bits per heavy atom. The first-order valence-corrected chi connectivity index (χ1v) is 17.9. The summed E-state index contributed by atoms with van der Waals surface area (Å²) < 4.78 is 154. The molecule has 2 aliphatic rings. The molecule has 2 saturated heterocycles. The summed E-state index contributed by atoms with van der Waals surface area (Å²) in [6.45, 7) is 0.709. The van der Waals surface area contributed by atoms with Gasteiger partial charge in [0.2, 0.25) is 0 Å². The topological polar surface area (TPSA) is 300 Å². The van der Waals surface area contributed by atoms with Gasteiger partial charge in [-0.2, -0.15) is 39.5 Å². The zero-order valence-electron chi connectivity index (χ0n) is 32.0. The van der Waals surface area contributed by atoms with Gasteiger partial charge in [0, 0.05) is 65.2 Å². The second-order valence-corrected chi connectivity index (χ2v) is 13.6. The van der Waals surface area contributed by atoms with Gasteiger partial charge in [0.15, 0.2) is 0 Å². The van der Waals surface area contributed by atoms with Crippen molar-refractivity contribution in [2.24, 2.45) is 0 Å². The minimum Gasteiger partial charge on any atom is -0.480 e. The fraction of sp³-hybridized carbons (Fsp3) is 0.654. The largest absolute Gasteiger partial charge is 1.00 e. The predicted molar refractivity (Wildman–Crippen MR) is 172 cm³/mol. The minimum absolute atomic E-state index is 0. The van der Waals surface area contributed by atoms with Crippen molar-refractivity contribution in [3.8, 4) is 0 Å². The third kappa shape index (κ3) is 39.3. The Bertz CT molecular complexity index is 1510. The van der Waals surface area contributed by atoms with E-state index < -0.39 is 79.9 Å². The maximum Gasteiger partial charge on any atom is 1.00 e. The van der Waals surface area contributed by atoms with E-state index in [0.29, 0.717) is 5.06 Å². The van der Waals surface area contributed by atoms with Crippen molar-refractivity contribution < 1.29 is 145 Å². The molecule has 0 bridgehead atoms. The molecule has 2 rings (SSSR count). The number of aliphatic carboxylic acids is 6. The summed E-state index contributed by atoms with van der Waals surface area (Å²) in [5.74, 6) is -13.5. The van der Waals surface area contributed by atoms with E-state index in [0.717, 1.165) is 0 Å². The third-order valence-corrected chi connectivity index (χ3v) is 6.29. The Balaban J connectivity index is -0.000000499. The van der Waals surface area contributed by atoms with Crippen LogP contribution in [-0.4, -0.2) is 206 Å². The van der Waals surface area contributed by atoms with Crippen LogP contribution >= 0.6 is 7.81 Å². The molecule has 0 aromatic heterocycles. The van der Waals surface area contributed by atoms with Crippen LogP contribution in [0, 0.1) is 0 Å². The van der Waals surface area contributed by atoms with Gasteiger partial charge in [-0.1, -0.05) is 0 Å². The monoisotopic (exact) mass is 989 g/mol. The number of amides is 2. The summed E-state index contributed by atoms with van der Waals surface area (Å²) >= 11 is 0. The Labute approximate surface area is 341 Å². The molecule has 0 saturated carbocycles. The van der Waals surface area contributed by atoms with Crippen LogP contribution in [0.5, 0.6) is 0 Å². The molecule has 370 valence electrons. The summed E-state index contributed by atoms with van der Waals surface area (Å²) in [5, 5.41) is 49.5. The van der Waals surface area contributed by atoms with E-state index in [1.807, 2.05) is 0 Å². The quantitative estimate of drug-likeness (QED) is 0.110. The molecule has 63 heavy (non-hydrogen) atoms. The minimum atomic E-state index is -10.7. The molecule has 6 N–H and O–H groups in total. The van der Waals surface area contributed by atoms with Gasteiger partial charge in [0.1, 0.15) is 0 Å². The number of hydroxylamine groups is 2. The molecule has 0 aliphatic carbocycles. The molecule has 2 heterocycles. The van der Waals surface area contributed by atoms with Crippen LogP contribution < -0.4 is 0 Å². The second kappa shape index (κ2) is 24.5. The fourth-order valence-electron chi connectivity index (χ4n) is 3.76. The van der Waals surface area contributed by atoms with Gasteiger partial charge in [-0.05, 0) is 0 Å². The predicted octanol–water partition coefficient (Wildman–Crippen LogP) is 2.46. The van der Waals surface area contributed by atoms with Crippen LogP contribution in [0.3, 0.4) is 0 Å². The zero-order valence-corrected chi connectivity index (χ0v) is 31.9. The number of hydrogen-bond donors (Lipinski definition) is 6. The van der Waals surface area contributed by atoms with E-state index in [9.17, 15) is 109 Å². The van der Waals surface area contributed by atoms with E-state index in [1.54, 1.807) is 19.6 Å². The standard InChI is InChI=1S/C20H31N5O10.3C2HF3O2.F6P/c26-15-1-2-16(27)25(15)35-20(34)14-24-9-7-22(12-18(30)31)5-3-21(11-17(28)29)4-6-23(8-10-24)13-19(32)33;3*3-2(4,5)1(6)7;1-7(2,3,4,5)6/h1-14H2,(H,28,29)(H,30,31)(H,32,33);3*(H,6,7);/q;;;;-1/p+1. The van der Waals surface area contributed by atoms with Crippen molar-refractivity contribution in [2.45, 2.75) is 31.4 Å². The first kappa shape index (κ1) is 61.9. The molecule has 0 atom stereocenters. The SMILES string of the molecule is F[P-](F)(F)(F)(F)F.O=C(O)C(F)(F)F.O=C(O)C(F)(F)F.O=C(O)C(F)(F)F.O=C(O)CN1CCN(CC(=O)O)CCN(CC(=O)ON2C(=O)CCC2=O)CCN(CC(=O)O)CC1.[H+]. The number of carbonyl (C=O) groups excluding carboxylic acids is 3. The number of carbonyl (C=O) groups is 9. The van der Waals surface area contributed by atoms with E-state index in [4.69, 9.17) is 34.5 Å². The molecular weight excluding hydrogens is 954 g/mol. The smallest absolute Gasteiger partial charge is 0.480 e. The second-order valence-electron chi connectivity index (χ2n) is 11.7. The van der Waals surface area contributed by atoms with Crippen molar-refractivity contribution in [1.82, 2.24) is 24.7 Å². The Hall–Kier alpha value is -5.35. The summed E-state index contributed by atoms with van der Waals surface area (Å²) in [7, 11) is -10.7. The van der Waals surface area contributed by atoms with E-state index in [1.165, 1.54) is 0 Å². The van der Waals surface area contributed by atoms with Gasteiger partial charge < -0.3 is 35.5 Å². The zero-order chi connectivity index (χ0) is 50.6. The summed E-state index contributed by atoms with van der Waals surface area (Å²) in [4.78, 5) is 108. The molecule has 2 fully saturated rings. The number of rotatable bonds is 9. The number of nitrogens with zero attached hydrogens (tertiary/aromatic N) is 5. The van der Waals surface area contributed by atoms with Gasteiger partial charge in [-0.3, -0.25) is 43.6 Å². The molecule has 2 amide bonds. The van der Waals surface area contributed by atoms with Crippen LogP contribution in [-0.2, 0) is 48.0 Å². The number of carboxylic acid groups (broad SMARTS) is 6. The first-order chi connectivity index (χ1) is 27.8. The van der Waals surface area contributed by atoms with Crippen molar-refractivity contribution >= 4 is 61.4 Å². The van der Waals surface area contributed by atoms with Crippen molar-refractivity contribution in [3.63, 3.8) is 0 Å².